The topological polar surface area (TPSA) is 57.2 Å². The maximum Gasteiger partial charge on any atom is 0.460 e. The van der Waals surface area contributed by atoms with Gasteiger partial charge in [0.15, 0.2) is 0 Å². The number of methoxy groups -OCH3 is 2. The third-order valence-electron chi connectivity index (χ3n) is 7.01. The van der Waals surface area contributed by atoms with Crippen LogP contribution in [0.5, 0.6) is 11.5 Å². The fraction of sp³-hybridized carbons (Fsp3) is 0.125. The Labute approximate surface area is 223 Å². The molecule has 2 aliphatic rings. The molecule has 0 aliphatic heterocycles. The number of ether oxygens (including phenoxy) is 2. The smallest absolute Gasteiger partial charge is 0.460 e. The van der Waals surface area contributed by atoms with Gasteiger partial charge in [-0.25, -0.2) is 0 Å². The highest BCUT2D eigenvalue weighted by Gasteiger charge is 2.26. The number of hydrogen-bond acceptors (Lipinski definition) is 5. The fourth-order valence-corrected chi connectivity index (χ4v) is 5.84. The summed E-state index contributed by atoms with van der Waals surface area (Å²) in [5.41, 5.74) is 8.12. The third-order valence-corrected chi connectivity index (χ3v) is 7.71. The Morgan fingerprint density at radius 2 is 1.03 bits per heavy atom. The maximum absolute atomic E-state index is 11.2. The molecule has 0 bridgehead atoms. The predicted molar refractivity (Wildman–Crippen MR) is 152 cm³/mol. The van der Waals surface area contributed by atoms with Gasteiger partial charge in [-0.05, 0) is 46.5 Å². The van der Waals surface area contributed by atoms with Gasteiger partial charge in [-0.1, -0.05) is 72.8 Å². The highest BCUT2D eigenvalue weighted by atomic mass is 31.2. The summed E-state index contributed by atoms with van der Waals surface area (Å²) in [5.74, 6) is 2.64. The summed E-state index contributed by atoms with van der Waals surface area (Å²) < 4.78 is 23.7. The van der Waals surface area contributed by atoms with E-state index in [2.05, 4.69) is 12.1 Å². The van der Waals surface area contributed by atoms with E-state index in [1.165, 1.54) is 0 Å². The molecule has 2 aliphatic carbocycles. The first-order chi connectivity index (χ1) is 18.6. The summed E-state index contributed by atoms with van der Waals surface area (Å²) in [7, 11) is 1.01. The molecule has 38 heavy (non-hydrogen) atoms. The lowest BCUT2D eigenvalue weighted by atomic mass is 9.99. The number of benzene rings is 4. The van der Waals surface area contributed by atoms with Crippen LogP contribution in [0.3, 0.4) is 0 Å². The Morgan fingerprint density at radius 3 is 1.47 bits per heavy atom. The summed E-state index contributed by atoms with van der Waals surface area (Å²) >= 11 is 0. The first kappa shape index (κ1) is 24.3. The molecule has 1 N–H and O–H groups in total. The van der Waals surface area contributed by atoms with Crippen molar-refractivity contribution in [1.29, 1.82) is 0 Å². The summed E-state index contributed by atoms with van der Waals surface area (Å²) in [4.78, 5) is 11.2. The van der Waals surface area contributed by atoms with Crippen LogP contribution in [0.1, 0.15) is 44.5 Å². The van der Waals surface area contributed by atoms with Crippen molar-refractivity contribution in [2.24, 2.45) is 0 Å². The molecule has 4 aromatic rings. The van der Waals surface area contributed by atoms with Crippen molar-refractivity contribution in [2.45, 2.75) is 12.8 Å². The minimum absolute atomic E-state index is 0.540. The number of rotatable bonds is 6. The molecular formula is C32H27O5P. The van der Waals surface area contributed by atoms with Crippen LogP contribution in [0.2, 0.25) is 0 Å². The van der Waals surface area contributed by atoms with Gasteiger partial charge in [-0.3, -0.25) is 0 Å². The molecule has 6 heteroatoms. The lowest BCUT2D eigenvalue weighted by molar-refractivity contribution is 0.348. The lowest BCUT2D eigenvalue weighted by Gasteiger charge is -2.19. The van der Waals surface area contributed by atoms with Gasteiger partial charge in [0.25, 0.3) is 0 Å². The standard InChI is InChI=1S/C32H27O5P/c1-34-29-15-7-13-25-27(29)17-21-9-3-5-11-23(21)19-31(25)36-38(33)37-32-20-24-12-6-4-10-22(24)18-28-26(32)14-8-16-30(28)35-2/h3-16,19-20,33H,17-18H2,1-2H3. The quantitative estimate of drug-likeness (QED) is 0.266. The second-order valence-corrected chi connectivity index (χ2v) is 10.0. The van der Waals surface area contributed by atoms with Gasteiger partial charge in [0.2, 0.25) is 0 Å². The molecule has 190 valence electrons. The Hall–Kier alpha value is -4.05. The van der Waals surface area contributed by atoms with Crippen LogP contribution in [0.15, 0.2) is 84.9 Å². The van der Waals surface area contributed by atoms with E-state index < -0.39 is 8.60 Å². The minimum Gasteiger partial charge on any atom is -0.496 e. The van der Waals surface area contributed by atoms with E-state index in [1.807, 2.05) is 84.9 Å². The van der Waals surface area contributed by atoms with Gasteiger partial charge in [-0.2, -0.15) is 0 Å². The Balaban J connectivity index is 1.38. The van der Waals surface area contributed by atoms with E-state index in [4.69, 9.17) is 18.5 Å². The monoisotopic (exact) mass is 522 g/mol. The van der Waals surface area contributed by atoms with E-state index in [9.17, 15) is 4.89 Å². The predicted octanol–water partition coefficient (Wildman–Crippen LogP) is 7.46. The normalized spacial score (nSPS) is 13.5. The lowest BCUT2D eigenvalue weighted by Crippen LogP contribution is -2.00. The summed E-state index contributed by atoms with van der Waals surface area (Å²) in [5, 5.41) is 0. The van der Waals surface area contributed by atoms with Gasteiger partial charge in [0.05, 0.1) is 14.2 Å². The largest absolute Gasteiger partial charge is 0.496 e. The average molecular weight is 523 g/mol. The molecule has 6 rings (SSSR count). The number of hydrogen-bond donors (Lipinski definition) is 1. The zero-order valence-corrected chi connectivity index (χ0v) is 22.1. The van der Waals surface area contributed by atoms with Crippen molar-refractivity contribution in [1.82, 2.24) is 0 Å². The van der Waals surface area contributed by atoms with Gasteiger partial charge >= 0.3 is 8.60 Å². The molecule has 0 fully saturated rings. The van der Waals surface area contributed by atoms with Crippen molar-refractivity contribution >= 4 is 32.3 Å². The minimum atomic E-state index is -2.32. The van der Waals surface area contributed by atoms with E-state index in [-0.39, 0.29) is 0 Å². The van der Waals surface area contributed by atoms with Crippen molar-refractivity contribution in [3.05, 3.63) is 129 Å². The van der Waals surface area contributed by atoms with Gasteiger partial charge in [-0.15, -0.1) is 0 Å². The second kappa shape index (κ2) is 10.4. The van der Waals surface area contributed by atoms with Crippen molar-refractivity contribution < 1.29 is 23.4 Å². The first-order valence-corrected chi connectivity index (χ1v) is 13.5. The van der Waals surface area contributed by atoms with E-state index >= 15 is 0 Å². The summed E-state index contributed by atoms with van der Waals surface area (Å²) in [6.07, 6.45) is 5.31. The zero-order valence-electron chi connectivity index (χ0n) is 21.2. The van der Waals surface area contributed by atoms with Gasteiger partial charge in [0, 0.05) is 35.1 Å². The Kier molecular flexibility index (Phi) is 6.63. The second-order valence-electron chi connectivity index (χ2n) is 9.16. The fourth-order valence-electron chi connectivity index (χ4n) is 5.17. The Bertz CT molecular complexity index is 1460. The molecule has 0 unspecified atom stereocenters. The molecule has 0 radical (unpaired) electrons. The van der Waals surface area contributed by atoms with Gasteiger partial charge in [0.1, 0.15) is 23.0 Å². The number of fused-ring (bicyclic) bond motifs is 4. The molecular weight excluding hydrogens is 495 g/mol. The van der Waals surface area contributed by atoms with Crippen LogP contribution in [0, 0.1) is 0 Å². The van der Waals surface area contributed by atoms with Crippen LogP contribution in [-0.2, 0) is 21.9 Å². The van der Waals surface area contributed by atoms with Crippen LogP contribution in [-0.4, -0.2) is 19.1 Å². The summed E-state index contributed by atoms with van der Waals surface area (Å²) in [6, 6.07) is 28.1. The van der Waals surface area contributed by atoms with Crippen LogP contribution in [0.4, 0.5) is 0 Å². The molecule has 4 aromatic carbocycles. The van der Waals surface area contributed by atoms with E-state index in [0.717, 1.165) is 56.0 Å². The van der Waals surface area contributed by atoms with Crippen LogP contribution < -0.4 is 9.47 Å². The van der Waals surface area contributed by atoms with Crippen molar-refractivity contribution in [2.75, 3.05) is 14.2 Å². The molecule has 0 amide bonds. The maximum atomic E-state index is 11.2. The van der Waals surface area contributed by atoms with Crippen molar-refractivity contribution in [3.63, 3.8) is 0 Å². The molecule has 0 spiro atoms. The molecule has 0 atom stereocenters. The average Bonchev–Trinajstić information content (AvgIpc) is 3.20. The highest BCUT2D eigenvalue weighted by molar-refractivity contribution is 7.41. The SMILES string of the molecule is COc1cccc2c1Cc1ccccc1C=C2OP(O)OC1=Cc2ccccc2Cc2c(OC)cccc21. The van der Waals surface area contributed by atoms with E-state index in [0.29, 0.717) is 24.4 Å². The zero-order chi connectivity index (χ0) is 26.1. The summed E-state index contributed by atoms with van der Waals surface area (Å²) in [6.45, 7) is 0. The Morgan fingerprint density at radius 1 is 0.579 bits per heavy atom. The van der Waals surface area contributed by atoms with E-state index in [1.54, 1.807) is 14.2 Å². The molecule has 0 heterocycles. The molecule has 0 saturated carbocycles. The van der Waals surface area contributed by atoms with Crippen LogP contribution >= 0.6 is 8.60 Å². The van der Waals surface area contributed by atoms with Gasteiger partial charge < -0.3 is 23.4 Å². The molecule has 0 saturated heterocycles. The van der Waals surface area contributed by atoms with Crippen molar-refractivity contribution in [3.8, 4) is 11.5 Å². The third kappa shape index (κ3) is 4.56. The molecule has 0 aromatic heterocycles. The highest BCUT2D eigenvalue weighted by Crippen LogP contribution is 2.48. The first-order valence-electron chi connectivity index (χ1n) is 12.4. The van der Waals surface area contributed by atoms with Crippen LogP contribution in [0.25, 0.3) is 23.7 Å². The molecule has 5 nitrogen and oxygen atoms in total.